The van der Waals surface area contributed by atoms with Crippen molar-refractivity contribution in [2.24, 2.45) is 0 Å². The van der Waals surface area contributed by atoms with Gasteiger partial charge in [-0.25, -0.2) is 0 Å². The summed E-state index contributed by atoms with van der Waals surface area (Å²) in [6.07, 6.45) is 3.84. The molecule has 0 heteroatoms. The van der Waals surface area contributed by atoms with Gasteiger partial charge in [0.05, 0.1) is 0 Å². The smallest absolute Gasteiger partial charge is 0.00698 e. The van der Waals surface area contributed by atoms with Crippen LogP contribution in [0, 0.1) is 0 Å². The van der Waals surface area contributed by atoms with E-state index in [4.69, 9.17) is 0 Å². The highest BCUT2D eigenvalue weighted by Crippen LogP contribution is 2.35. The van der Waals surface area contributed by atoms with Crippen molar-refractivity contribution < 1.29 is 0 Å². The van der Waals surface area contributed by atoms with Crippen LogP contribution in [0.1, 0.15) is 59.1 Å². The summed E-state index contributed by atoms with van der Waals surface area (Å²) in [5.41, 5.74) is 7.77. The highest BCUT2D eigenvalue weighted by molar-refractivity contribution is 5.56. The average Bonchev–Trinajstić information content (AvgIpc) is 2.72. The van der Waals surface area contributed by atoms with Crippen molar-refractivity contribution in [3.63, 3.8) is 0 Å². The topological polar surface area (TPSA) is 0 Å². The minimum Gasteiger partial charge on any atom is -0.0985 e. The van der Waals surface area contributed by atoms with Crippen LogP contribution < -0.4 is 0 Å². The Hall–Kier alpha value is -2.86. The zero-order valence-electron chi connectivity index (χ0n) is 15.7. The highest BCUT2D eigenvalue weighted by Gasteiger charge is 2.18. The SMILES string of the molecule is C=Cc1ccc(C(C)c2ccccc2C(C)c2ccccc2C=C)cc1. The van der Waals surface area contributed by atoms with Crippen molar-refractivity contribution in [1.29, 1.82) is 0 Å². The van der Waals surface area contributed by atoms with Gasteiger partial charge in [0, 0.05) is 11.8 Å². The monoisotopic (exact) mass is 338 g/mol. The molecule has 3 rings (SSSR count). The third-order valence-electron chi connectivity index (χ3n) is 5.28. The molecule has 0 N–H and O–H groups in total. The zero-order valence-corrected chi connectivity index (χ0v) is 15.7. The lowest BCUT2D eigenvalue weighted by atomic mass is 9.81. The Morgan fingerprint density at radius 1 is 0.615 bits per heavy atom. The van der Waals surface area contributed by atoms with Crippen LogP contribution in [0.4, 0.5) is 0 Å². The maximum absolute atomic E-state index is 3.98. The molecule has 2 atom stereocenters. The molecule has 0 saturated heterocycles. The van der Waals surface area contributed by atoms with Crippen LogP contribution in [0.25, 0.3) is 12.2 Å². The fourth-order valence-corrected chi connectivity index (χ4v) is 3.66. The van der Waals surface area contributed by atoms with Crippen LogP contribution in [0.15, 0.2) is 86.0 Å². The van der Waals surface area contributed by atoms with Gasteiger partial charge in [0.15, 0.2) is 0 Å². The van der Waals surface area contributed by atoms with Gasteiger partial charge in [-0.3, -0.25) is 0 Å². The summed E-state index contributed by atoms with van der Waals surface area (Å²) in [5.74, 6) is 0.652. The highest BCUT2D eigenvalue weighted by atomic mass is 14.2. The standard InChI is InChI=1S/C26H26/c1-5-21-15-17-23(18-16-21)19(3)25-13-9-10-14-26(25)20(4)24-12-8-7-11-22(24)6-2/h5-20H,1-2H2,3-4H3. The van der Waals surface area contributed by atoms with Gasteiger partial charge in [-0.15, -0.1) is 0 Å². The fourth-order valence-electron chi connectivity index (χ4n) is 3.66. The van der Waals surface area contributed by atoms with Crippen LogP contribution in [-0.2, 0) is 0 Å². The Kier molecular flexibility index (Phi) is 5.53. The molecule has 0 spiro atoms. The van der Waals surface area contributed by atoms with Gasteiger partial charge in [-0.2, -0.15) is 0 Å². The molecular formula is C26H26. The molecule has 0 saturated carbocycles. The summed E-state index contributed by atoms with van der Waals surface area (Å²) in [7, 11) is 0. The van der Waals surface area contributed by atoms with Gasteiger partial charge in [0.1, 0.15) is 0 Å². The lowest BCUT2D eigenvalue weighted by molar-refractivity contribution is 0.842. The molecule has 0 bridgehead atoms. The fraction of sp³-hybridized carbons (Fsp3) is 0.154. The van der Waals surface area contributed by atoms with Crippen LogP contribution in [0.3, 0.4) is 0 Å². The molecule has 0 nitrogen and oxygen atoms in total. The lowest BCUT2D eigenvalue weighted by Crippen LogP contribution is -2.06. The van der Waals surface area contributed by atoms with Gasteiger partial charge >= 0.3 is 0 Å². The molecule has 0 heterocycles. The Morgan fingerprint density at radius 2 is 1.15 bits per heavy atom. The first kappa shape index (κ1) is 17.9. The number of hydrogen-bond donors (Lipinski definition) is 0. The molecule has 3 aromatic carbocycles. The van der Waals surface area contributed by atoms with E-state index in [-0.39, 0.29) is 0 Å². The molecule has 26 heavy (non-hydrogen) atoms. The summed E-state index contributed by atoms with van der Waals surface area (Å²) in [5, 5.41) is 0. The average molecular weight is 338 g/mol. The van der Waals surface area contributed by atoms with Crippen molar-refractivity contribution >= 4 is 12.2 Å². The molecule has 0 aliphatic carbocycles. The van der Waals surface area contributed by atoms with Gasteiger partial charge in [0.25, 0.3) is 0 Å². The molecule has 0 fully saturated rings. The molecule has 0 aliphatic heterocycles. The second-order valence-electron chi connectivity index (χ2n) is 6.78. The molecule has 130 valence electrons. The van der Waals surface area contributed by atoms with Gasteiger partial charge < -0.3 is 0 Å². The Balaban J connectivity index is 2.02. The first-order valence-electron chi connectivity index (χ1n) is 9.18. The molecule has 3 aromatic rings. The van der Waals surface area contributed by atoms with Crippen LogP contribution in [0.5, 0.6) is 0 Å². The van der Waals surface area contributed by atoms with Crippen molar-refractivity contribution in [3.8, 4) is 0 Å². The van der Waals surface area contributed by atoms with Gasteiger partial charge in [-0.05, 0) is 33.4 Å². The van der Waals surface area contributed by atoms with Crippen LogP contribution in [-0.4, -0.2) is 0 Å². The van der Waals surface area contributed by atoms with Crippen molar-refractivity contribution in [3.05, 3.63) is 119 Å². The largest absolute Gasteiger partial charge is 0.0985 e. The van der Waals surface area contributed by atoms with E-state index in [9.17, 15) is 0 Å². The lowest BCUT2D eigenvalue weighted by Gasteiger charge is -2.23. The van der Waals surface area contributed by atoms with Crippen LogP contribution in [0.2, 0.25) is 0 Å². The van der Waals surface area contributed by atoms with Crippen molar-refractivity contribution in [2.45, 2.75) is 25.7 Å². The van der Waals surface area contributed by atoms with E-state index < -0.39 is 0 Å². The second kappa shape index (κ2) is 8.01. The molecule has 0 aromatic heterocycles. The van der Waals surface area contributed by atoms with Crippen molar-refractivity contribution in [2.75, 3.05) is 0 Å². The maximum atomic E-state index is 3.98. The zero-order chi connectivity index (χ0) is 18.5. The van der Waals surface area contributed by atoms with E-state index in [0.29, 0.717) is 11.8 Å². The maximum Gasteiger partial charge on any atom is 0.00698 e. The normalized spacial score (nSPS) is 13.0. The Morgan fingerprint density at radius 3 is 1.73 bits per heavy atom. The molecule has 0 aliphatic rings. The summed E-state index contributed by atoms with van der Waals surface area (Å²) in [4.78, 5) is 0. The van der Waals surface area contributed by atoms with E-state index in [2.05, 4.69) is 99.8 Å². The summed E-state index contributed by atoms with van der Waals surface area (Å²) < 4.78 is 0. The molecule has 2 unspecified atom stereocenters. The number of rotatable bonds is 6. The van der Waals surface area contributed by atoms with E-state index in [0.717, 1.165) is 5.56 Å². The van der Waals surface area contributed by atoms with Crippen LogP contribution >= 0.6 is 0 Å². The molecule has 0 amide bonds. The van der Waals surface area contributed by atoms with Crippen molar-refractivity contribution in [1.82, 2.24) is 0 Å². The Labute approximate surface area is 157 Å². The molecular weight excluding hydrogens is 312 g/mol. The van der Waals surface area contributed by atoms with E-state index in [1.807, 2.05) is 12.2 Å². The first-order valence-corrected chi connectivity index (χ1v) is 9.18. The molecule has 0 radical (unpaired) electrons. The van der Waals surface area contributed by atoms with E-state index in [1.54, 1.807) is 0 Å². The third kappa shape index (κ3) is 3.55. The quantitative estimate of drug-likeness (QED) is 0.443. The second-order valence-corrected chi connectivity index (χ2v) is 6.78. The predicted molar refractivity (Wildman–Crippen MR) is 115 cm³/mol. The van der Waals surface area contributed by atoms with Gasteiger partial charge in [0.2, 0.25) is 0 Å². The van der Waals surface area contributed by atoms with Gasteiger partial charge in [-0.1, -0.05) is 112 Å². The summed E-state index contributed by atoms with van der Waals surface area (Å²) in [6, 6.07) is 26.0. The summed E-state index contributed by atoms with van der Waals surface area (Å²) in [6.45, 7) is 12.4. The minimum absolute atomic E-state index is 0.315. The predicted octanol–water partition coefficient (Wildman–Crippen LogP) is 7.28. The number of hydrogen-bond acceptors (Lipinski definition) is 0. The minimum atomic E-state index is 0.315. The van der Waals surface area contributed by atoms with E-state index in [1.165, 1.54) is 27.8 Å². The first-order chi connectivity index (χ1) is 12.7. The third-order valence-corrected chi connectivity index (χ3v) is 5.28. The number of benzene rings is 3. The Bertz CT molecular complexity index is 899. The summed E-state index contributed by atoms with van der Waals surface area (Å²) >= 11 is 0. The van der Waals surface area contributed by atoms with E-state index >= 15 is 0 Å².